The van der Waals surface area contributed by atoms with E-state index in [-0.39, 0.29) is 6.10 Å². The van der Waals surface area contributed by atoms with Crippen molar-refractivity contribution in [2.24, 2.45) is 0 Å². The van der Waals surface area contributed by atoms with Crippen LogP contribution >= 0.6 is 0 Å². The molecule has 0 radical (unpaired) electrons. The molecule has 88 valence electrons. The Hall–Kier alpha value is -0.900. The first-order valence-corrected chi connectivity index (χ1v) is 5.83. The lowest BCUT2D eigenvalue weighted by molar-refractivity contribution is -0.858. The van der Waals surface area contributed by atoms with Crippen LogP contribution in [0.25, 0.3) is 0 Å². The molecule has 0 aliphatic carbocycles. The van der Waals surface area contributed by atoms with Crippen LogP contribution in [0.2, 0.25) is 0 Å². The number of quaternary nitrogens is 1. The lowest BCUT2D eigenvalue weighted by Crippen LogP contribution is -3.06. The molecule has 0 saturated carbocycles. The molecule has 0 bridgehead atoms. The van der Waals surface area contributed by atoms with E-state index in [0.29, 0.717) is 6.61 Å². The van der Waals surface area contributed by atoms with Gasteiger partial charge in [-0.1, -0.05) is 24.3 Å². The largest absolute Gasteiger partial charge is 0.374 e. The Morgan fingerprint density at radius 3 is 3.00 bits per heavy atom. The van der Waals surface area contributed by atoms with Crippen LogP contribution in [0.4, 0.5) is 0 Å². The van der Waals surface area contributed by atoms with E-state index in [9.17, 15) is 0 Å². The number of hydrogen-bond acceptors (Lipinski definition) is 2. The topological polar surface area (TPSA) is 22.9 Å². The maximum absolute atomic E-state index is 5.87. The first-order valence-electron chi connectivity index (χ1n) is 5.83. The van der Waals surface area contributed by atoms with Crippen molar-refractivity contribution < 1.29 is 14.4 Å². The van der Waals surface area contributed by atoms with E-state index < -0.39 is 0 Å². The second-order valence-corrected chi connectivity index (χ2v) is 4.53. The number of fused-ring (bicyclic) bond motifs is 1. The summed E-state index contributed by atoms with van der Waals surface area (Å²) in [5.41, 5.74) is 2.55. The van der Waals surface area contributed by atoms with Crippen molar-refractivity contribution >= 4 is 0 Å². The molecule has 16 heavy (non-hydrogen) atoms. The summed E-state index contributed by atoms with van der Waals surface area (Å²) in [4.78, 5) is 1.41. The van der Waals surface area contributed by atoms with Gasteiger partial charge in [0.15, 0.2) is 0 Å². The minimum atomic E-state index is 0.115. The Kier molecular flexibility index (Phi) is 3.93. The number of hydrogen-bond donors (Lipinski definition) is 1. The molecule has 2 rings (SSSR count). The Morgan fingerprint density at radius 1 is 1.38 bits per heavy atom. The summed E-state index contributed by atoms with van der Waals surface area (Å²) in [5.74, 6) is 0. The van der Waals surface area contributed by atoms with Gasteiger partial charge in [0.1, 0.15) is 12.6 Å². The minimum Gasteiger partial charge on any atom is -0.374 e. The van der Waals surface area contributed by atoms with E-state index in [4.69, 9.17) is 9.47 Å². The molecule has 1 N–H and O–H groups in total. The quantitative estimate of drug-likeness (QED) is 0.798. The highest BCUT2D eigenvalue weighted by molar-refractivity contribution is 5.30. The van der Waals surface area contributed by atoms with Gasteiger partial charge in [0, 0.05) is 0 Å². The van der Waals surface area contributed by atoms with Gasteiger partial charge < -0.3 is 14.4 Å². The lowest BCUT2D eigenvalue weighted by atomic mass is 10.0. The van der Waals surface area contributed by atoms with Gasteiger partial charge in [-0.05, 0) is 11.1 Å². The molecule has 1 atom stereocenters. The molecule has 1 aromatic carbocycles. The van der Waals surface area contributed by atoms with E-state index >= 15 is 0 Å². The predicted molar refractivity (Wildman–Crippen MR) is 62.5 cm³/mol. The first kappa shape index (κ1) is 11.6. The average Bonchev–Trinajstić information content (AvgIpc) is 2.29. The second-order valence-electron chi connectivity index (χ2n) is 4.53. The van der Waals surface area contributed by atoms with Gasteiger partial charge in [-0.15, -0.1) is 0 Å². The van der Waals surface area contributed by atoms with Crippen molar-refractivity contribution in [1.29, 1.82) is 0 Å². The monoisotopic (exact) mass is 222 g/mol. The summed E-state index contributed by atoms with van der Waals surface area (Å²) in [6, 6.07) is 8.37. The standard InChI is InChI=1S/C13H19NO2/c1-14(2)7-8-16-13-10-15-9-11-5-3-4-6-12(11)13/h3-6,13H,7-10H2,1-2H3/p+1/t13-/m1/s1. The van der Waals surface area contributed by atoms with E-state index in [1.165, 1.54) is 16.0 Å². The van der Waals surface area contributed by atoms with Crippen molar-refractivity contribution in [1.82, 2.24) is 0 Å². The molecule has 0 aromatic heterocycles. The highest BCUT2D eigenvalue weighted by Gasteiger charge is 2.20. The highest BCUT2D eigenvalue weighted by Crippen LogP contribution is 2.26. The third-order valence-corrected chi connectivity index (χ3v) is 2.85. The summed E-state index contributed by atoms with van der Waals surface area (Å²) < 4.78 is 11.4. The molecule has 1 aromatic rings. The number of ether oxygens (including phenoxy) is 2. The molecular weight excluding hydrogens is 202 g/mol. The van der Waals surface area contributed by atoms with Crippen LogP contribution in [-0.2, 0) is 16.1 Å². The molecule has 3 heteroatoms. The SMILES string of the molecule is C[NH+](C)CCO[C@@H]1COCc2ccccc21. The van der Waals surface area contributed by atoms with E-state index in [1.54, 1.807) is 0 Å². The number of likely N-dealkylation sites (N-methyl/N-ethyl adjacent to an activating group) is 1. The van der Waals surface area contributed by atoms with Crippen LogP contribution in [0.3, 0.4) is 0 Å². The van der Waals surface area contributed by atoms with Crippen LogP contribution in [0, 0.1) is 0 Å². The molecule has 3 nitrogen and oxygen atoms in total. The third-order valence-electron chi connectivity index (χ3n) is 2.85. The lowest BCUT2D eigenvalue weighted by Gasteiger charge is -2.25. The zero-order chi connectivity index (χ0) is 11.4. The maximum atomic E-state index is 5.87. The van der Waals surface area contributed by atoms with Crippen LogP contribution < -0.4 is 4.90 Å². The average molecular weight is 222 g/mol. The molecule has 0 fully saturated rings. The van der Waals surface area contributed by atoms with Crippen molar-refractivity contribution in [3.63, 3.8) is 0 Å². The minimum absolute atomic E-state index is 0.115. The smallest absolute Gasteiger partial charge is 0.106 e. The maximum Gasteiger partial charge on any atom is 0.106 e. The molecule has 0 unspecified atom stereocenters. The Morgan fingerprint density at radius 2 is 2.19 bits per heavy atom. The molecule has 1 aliphatic rings. The van der Waals surface area contributed by atoms with Crippen LogP contribution in [0.5, 0.6) is 0 Å². The van der Waals surface area contributed by atoms with Gasteiger partial charge in [-0.3, -0.25) is 0 Å². The zero-order valence-corrected chi connectivity index (χ0v) is 10.0. The van der Waals surface area contributed by atoms with Gasteiger partial charge in [0.2, 0.25) is 0 Å². The van der Waals surface area contributed by atoms with Crippen LogP contribution in [0.15, 0.2) is 24.3 Å². The molecular formula is C13H20NO2+. The summed E-state index contributed by atoms with van der Waals surface area (Å²) >= 11 is 0. The second kappa shape index (κ2) is 5.43. The van der Waals surface area contributed by atoms with Crippen molar-refractivity contribution in [3.05, 3.63) is 35.4 Å². The number of benzene rings is 1. The van der Waals surface area contributed by atoms with Crippen LogP contribution in [-0.4, -0.2) is 33.9 Å². The van der Waals surface area contributed by atoms with Gasteiger partial charge in [0.05, 0.1) is 33.9 Å². The van der Waals surface area contributed by atoms with Crippen molar-refractivity contribution in [3.8, 4) is 0 Å². The van der Waals surface area contributed by atoms with Gasteiger partial charge in [-0.2, -0.15) is 0 Å². The van der Waals surface area contributed by atoms with E-state index in [1.807, 2.05) is 0 Å². The fourth-order valence-corrected chi connectivity index (χ4v) is 1.89. The van der Waals surface area contributed by atoms with Crippen LogP contribution in [0.1, 0.15) is 17.2 Å². The zero-order valence-electron chi connectivity index (χ0n) is 10.0. The molecule has 1 heterocycles. The Bertz CT molecular complexity index is 338. The normalized spacial score (nSPS) is 19.8. The number of rotatable bonds is 4. The summed E-state index contributed by atoms with van der Waals surface area (Å²) in [7, 11) is 4.27. The molecule has 0 amide bonds. The van der Waals surface area contributed by atoms with Gasteiger partial charge in [0.25, 0.3) is 0 Å². The first-order chi connectivity index (χ1) is 7.77. The molecule has 0 spiro atoms. The van der Waals surface area contributed by atoms with Gasteiger partial charge >= 0.3 is 0 Å². The fourth-order valence-electron chi connectivity index (χ4n) is 1.89. The summed E-state index contributed by atoms with van der Waals surface area (Å²) in [6.45, 7) is 3.21. The summed E-state index contributed by atoms with van der Waals surface area (Å²) in [5, 5.41) is 0. The number of nitrogens with one attached hydrogen (secondary N) is 1. The third kappa shape index (κ3) is 2.82. The van der Waals surface area contributed by atoms with Crippen molar-refractivity contribution in [2.75, 3.05) is 33.9 Å². The van der Waals surface area contributed by atoms with E-state index in [0.717, 1.165) is 19.8 Å². The summed E-state index contributed by atoms with van der Waals surface area (Å²) in [6.07, 6.45) is 0.115. The molecule has 1 aliphatic heterocycles. The Labute approximate surface area is 97.0 Å². The highest BCUT2D eigenvalue weighted by atomic mass is 16.5. The predicted octanol–water partition coefficient (Wildman–Crippen LogP) is 0.419. The fraction of sp³-hybridized carbons (Fsp3) is 0.538. The molecule has 0 saturated heterocycles. The van der Waals surface area contributed by atoms with E-state index in [2.05, 4.69) is 38.4 Å². The van der Waals surface area contributed by atoms with Crippen molar-refractivity contribution in [2.45, 2.75) is 12.7 Å². The Balaban J connectivity index is 1.96. The van der Waals surface area contributed by atoms with Gasteiger partial charge in [-0.25, -0.2) is 0 Å².